The second-order valence-corrected chi connectivity index (χ2v) is 7.06. The predicted molar refractivity (Wildman–Crippen MR) is 81.3 cm³/mol. The molecule has 0 bridgehead atoms. The minimum Gasteiger partial charge on any atom is -0.480 e. The zero-order valence-electron chi connectivity index (χ0n) is 14.6. The lowest BCUT2D eigenvalue weighted by Crippen LogP contribution is -2.52. The molecule has 1 amide bonds. The molecule has 0 spiro atoms. The standard InChI is InChI=1S/C15H27NO7/c1-14(2,3)22-13(21)11(18)16(23-15(4,5)6)10(12(19)20)8-7-9-17/h10,17H,7-9H2,1-6H3,(H,19,20). The van der Waals surface area contributed by atoms with Crippen LogP contribution in [0.15, 0.2) is 0 Å². The summed E-state index contributed by atoms with van der Waals surface area (Å²) in [6.07, 6.45) is 0.0824. The second kappa shape index (κ2) is 8.26. The number of carboxylic acid groups (broad SMARTS) is 1. The Labute approximate surface area is 136 Å². The van der Waals surface area contributed by atoms with Gasteiger partial charge in [0.2, 0.25) is 0 Å². The third kappa shape index (κ3) is 8.51. The number of aliphatic hydroxyl groups excluding tert-OH is 1. The molecule has 0 aliphatic carbocycles. The summed E-state index contributed by atoms with van der Waals surface area (Å²) in [5.41, 5.74) is -1.80. The average molecular weight is 333 g/mol. The number of hydroxylamine groups is 2. The number of hydrogen-bond acceptors (Lipinski definition) is 6. The van der Waals surface area contributed by atoms with Crippen molar-refractivity contribution in [3.05, 3.63) is 0 Å². The van der Waals surface area contributed by atoms with E-state index in [9.17, 15) is 19.5 Å². The lowest BCUT2D eigenvalue weighted by atomic mass is 10.1. The Morgan fingerprint density at radius 1 is 1.04 bits per heavy atom. The molecule has 0 aromatic rings. The molecular formula is C15H27NO7. The predicted octanol–water partition coefficient (Wildman–Crippen LogP) is 1.11. The molecule has 2 N–H and O–H groups in total. The maximum absolute atomic E-state index is 12.3. The van der Waals surface area contributed by atoms with Crippen LogP contribution >= 0.6 is 0 Å². The highest BCUT2D eigenvalue weighted by atomic mass is 16.7. The summed E-state index contributed by atoms with van der Waals surface area (Å²) in [6.45, 7) is 9.39. The van der Waals surface area contributed by atoms with Gasteiger partial charge in [-0.1, -0.05) is 0 Å². The number of ether oxygens (including phenoxy) is 1. The van der Waals surface area contributed by atoms with E-state index in [0.717, 1.165) is 0 Å². The number of carbonyl (C=O) groups excluding carboxylic acids is 2. The molecule has 1 atom stereocenters. The number of hydrogen-bond donors (Lipinski definition) is 2. The molecule has 134 valence electrons. The number of carboxylic acids is 1. The fraction of sp³-hybridized carbons (Fsp3) is 0.800. The summed E-state index contributed by atoms with van der Waals surface area (Å²) < 4.78 is 4.98. The van der Waals surface area contributed by atoms with Gasteiger partial charge >= 0.3 is 17.8 Å². The fourth-order valence-corrected chi connectivity index (χ4v) is 1.58. The number of amides is 1. The molecule has 0 heterocycles. The van der Waals surface area contributed by atoms with Crippen LogP contribution in [0.3, 0.4) is 0 Å². The Kier molecular flexibility index (Phi) is 7.66. The lowest BCUT2D eigenvalue weighted by molar-refractivity contribution is -0.246. The maximum atomic E-state index is 12.3. The van der Waals surface area contributed by atoms with Crippen LogP contribution in [0, 0.1) is 0 Å². The molecule has 0 aliphatic heterocycles. The van der Waals surface area contributed by atoms with Crippen molar-refractivity contribution < 1.29 is 34.2 Å². The largest absolute Gasteiger partial charge is 0.480 e. The van der Waals surface area contributed by atoms with Gasteiger partial charge < -0.3 is 14.9 Å². The first kappa shape index (κ1) is 21.3. The van der Waals surface area contributed by atoms with E-state index in [0.29, 0.717) is 5.06 Å². The highest BCUT2D eigenvalue weighted by molar-refractivity contribution is 6.32. The summed E-state index contributed by atoms with van der Waals surface area (Å²) in [5.74, 6) is -3.73. The quantitative estimate of drug-likeness (QED) is 0.425. The Balaban J connectivity index is 5.44. The van der Waals surface area contributed by atoms with Crippen molar-refractivity contribution in [1.82, 2.24) is 5.06 Å². The third-order valence-corrected chi connectivity index (χ3v) is 2.35. The third-order valence-electron chi connectivity index (χ3n) is 2.35. The van der Waals surface area contributed by atoms with E-state index in [1.165, 1.54) is 0 Å². The van der Waals surface area contributed by atoms with Crippen LogP contribution in [0.4, 0.5) is 0 Å². The minimum atomic E-state index is -1.40. The zero-order valence-corrected chi connectivity index (χ0v) is 14.6. The minimum absolute atomic E-state index is 0.0591. The van der Waals surface area contributed by atoms with Gasteiger partial charge in [-0.05, 0) is 54.4 Å². The van der Waals surface area contributed by atoms with Crippen molar-refractivity contribution in [1.29, 1.82) is 0 Å². The van der Waals surface area contributed by atoms with E-state index in [-0.39, 0.29) is 19.4 Å². The van der Waals surface area contributed by atoms with E-state index in [1.807, 2.05) is 0 Å². The second-order valence-electron chi connectivity index (χ2n) is 7.06. The van der Waals surface area contributed by atoms with Crippen LogP contribution < -0.4 is 0 Å². The summed E-state index contributed by atoms with van der Waals surface area (Å²) in [5, 5.41) is 18.7. The van der Waals surface area contributed by atoms with Crippen LogP contribution in [0.25, 0.3) is 0 Å². The monoisotopic (exact) mass is 333 g/mol. The molecule has 0 aromatic carbocycles. The highest BCUT2D eigenvalue weighted by Crippen LogP contribution is 2.18. The maximum Gasteiger partial charge on any atom is 0.399 e. The van der Waals surface area contributed by atoms with Gasteiger partial charge in [0.25, 0.3) is 0 Å². The van der Waals surface area contributed by atoms with E-state index in [2.05, 4.69) is 0 Å². The topological polar surface area (TPSA) is 113 Å². The van der Waals surface area contributed by atoms with Crippen molar-refractivity contribution in [2.45, 2.75) is 71.6 Å². The van der Waals surface area contributed by atoms with Gasteiger partial charge in [0.1, 0.15) is 5.60 Å². The first-order valence-electron chi connectivity index (χ1n) is 7.38. The summed E-state index contributed by atoms with van der Waals surface area (Å²) in [6, 6.07) is -1.40. The number of aliphatic hydroxyl groups is 1. The average Bonchev–Trinajstić information content (AvgIpc) is 2.33. The van der Waals surface area contributed by atoms with Crippen LogP contribution in [0.2, 0.25) is 0 Å². The van der Waals surface area contributed by atoms with Gasteiger partial charge in [-0.3, -0.25) is 9.63 Å². The first-order chi connectivity index (χ1) is 10.3. The Morgan fingerprint density at radius 3 is 1.91 bits per heavy atom. The van der Waals surface area contributed by atoms with Gasteiger partial charge in [0.15, 0.2) is 6.04 Å². The number of aliphatic carboxylic acids is 1. The molecular weight excluding hydrogens is 306 g/mol. The summed E-state index contributed by atoms with van der Waals surface area (Å²) in [7, 11) is 0. The van der Waals surface area contributed by atoms with Crippen LogP contribution in [-0.4, -0.2) is 57.0 Å². The molecule has 1 unspecified atom stereocenters. The van der Waals surface area contributed by atoms with Crippen LogP contribution in [-0.2, 0) is 24.0 Å². The van der Waals surface area contributed by atoms with E-state index in [1.54, 1.807) is 41.5 Å². The van der Waals surface area contributed by atoms with Crippen LogP contribution in [0.5, 0.6) is 0 Å². The zero-order chi connectivity index (χ0) is 18.4. The number of esters is 1. The van der Waals surface area contributed by atoms with Crippen molar-refractivity contribution in [3.8, 4) is 0 Å². The van der Waals surface area contributed by atoms with Crippen LogP contribution in [0.1, 0.15) is 54.4 Å². The normalized spacial score (nSPS) is 13.3. The Morgan fingerprint density at radius 2 is 1.57 bits per heavy atom. The van der Waals surface area contributed by atoms with Gasteiger partial charge in [-0.2, -0.15) is 5.06 Å². The van der Waals surface area contributed by atoms with E-state index >= 15 is 0 Å². The summed E-state index contributed by atoms with van der Waals surface area (Å²) >= 11 is 0. The van der Waals surface area contributed by atoms with Gasteiger partial charge in [-0.15, -0.1) is 0 Å². The molecule has 0 rings (SSSR count). The molecule has 23 heavy (non-hydrogen) atoms. The molecule has 0 saturated carbocycles. The Bertz CT molecular complexity index is 434. The Hall–Kier alpha value is -1.67. The molecule has 8 heteroatoms. The van der Waals surface area contributed by atoms with Gasteiger partial charge in [0.05, 0.1) is 5.60 Å². The summed E-state index contributed by atoms with van der Waals surface area (Å²) in [4.78, 5) is 41.1. The number of nitrogens with zero attached hydrogens (tertiary/aromatic N) is 1. The molecule has 0 aromatic heterocycles. The molecule has 0 fully saturated rings. The fourth-order valence-electron chi connectivity index (χ4n) is 1.58. The number of carbonyl (C=O) groups is 3. The lowest BCUT2D eigenvalue weighted by Gasteiger charge is -2.33. The van der Waals surface area contributed by atoms with Crippen molar-refractivity contribution >= 4 is 17.8 Å². The van der Waals surface area contributed by atoms with Gasteiger partial charge in [0, 0.05) is 6.61 Å². The SMILES string of the molecule is CC(C)(C)OC(=O)C(=O)N(OC(C)(C)C)C(CCCO)C(=O)O. The molecule has 0 saturated heterocycles. The van der Waals surface area contributed by atoms with E-state index < -0.39 is 35.1 Å². The van der Waals surface area contributed by atoms with E-state index in [4.69, 9.17) is 14.7 Å². The highest BCUT2D eigenvalue weighted by Gasteiger charge is 2.38. The van der Waals surface area contributed by atoms with Gasteiger partial charge in [-0.25, -0.2) is 9.59 Å². The van der Waals surface area contributed by atoms with Crippen molar-refractivity contribution in [2.75, 3.05) is 6.61 Å². The van der Waals surface area contributed by atoms with Crippen molar-refractivity contribution in [2.24, 2.45) is 0 Å². The number of rotatable bonds is 6. The first-order valence-corrected chi connectivity index (χ1v) is 7.38. The molecule has 8 nitrogen and oxygen atoms in total. The molecule has 0 aliphatic rings. The smallest absolute Gasteiger partial charge is 0.399 e. The molecule has 0 radical (unpaired) electrons. The van der Waals surface area contributed by atoms with Crippen molar-refractivity contribution in [3.63, 3.8) is 0 Å².